The number of pyridine rings is 1. The fourth-order valence-electron chi connectivity index (χ4n) is 3.40. The summed E-state index contributed by atoms with van der Waals surface area (Å²) in [6.45, 7) is 7.37. The highest BCUT2D eigenvalue weighted by Gasteiger charge is 2.38. The molecule has 34 heavy (non-hydrogen) atoms. The second kappa shape index (κ2) is 9.16. The van der Waals surface area contributed by atoms with Crippen molar-refractivity contribution in [3.05, 3.63) is 36.2 Å². The molecule has 0 unspecified atom stereocenters. The van der Waals surface area contributed by atoms with Crippen molar-refractivity contribution in [2.75, 3.05) is 23.9 Å². The van der Waals surface area contributed by atoms with Gasteiger partial charge in [-0.25, -0.2) is 19.6 Å². The SMILES string of the molecule is CCOC(=O)c1cnn2c(N(C(=O)OC(C)(C)C)C3CC3)cc(Nc3cccnc3OC)nc12. The number of amides is 1. The van der Waals surface area contributed by atoms with E-state index in [1.807, 2.05) is 20.8 Å². The van der Waals surface area contributed by atoms with E-state index in [1.54, 1.807) is 36.2 Å². The third-order valence-electron chi connectivity index (χ3n) is 4.92. The summed E-state index contributed by atoms with van der Waals surface area (Å²) < 4.78 is 17.6. The second-order valence-corrected chi connectivity index (χ2v) is 8.78. The van der Waals surface area contributed by atoms with E-state index in [9.17, 15) is 9.59 Å². The molecule has 1 saturated carbocycles. The molecular formula is C23H28N6O5. The van der Waals surface area contributed by atoms with Crippen molar-refractivity contribution in [1.82, 2.24) is 19.6 Å². The molecule has 0 spiro atoms. The summed E-state index contributed by atoms with van der Waals surface area (Å²) in [4.78, 5) is 36.1. The van der Waals surface area contributed by atoms with Gasteiger partial charge in [0.25, 0.3) is 0 Å². The number of aromatic nitrogens is 4. The molecular weight excluding hydrogens is 440 g/mol. The van der Waals surface area contributed by atoms with Gasteiger partial charge < -0.3 is 19.5 Å². The number of fused-ring (bicyclic) bond motifs is 1. The summed E-state index contributed by atoms with van der Waals surface area (Å²) in [5.41, 5.74) is 0.321. The normalized spacial score (nSPS) is 13.4. The third kappa shape index (κ3) is 4.87. The molecule has 1 aliphatic rings. The van der Waals surface area contributed by atoms with Crippen molar-refractivity contribution >= 4 is 35.0 Å². The van der Waals surface area contributed by atoms with Crippen molar-refractivity contribution in [3.63, 3.8) is 0 Å². The predicted molar refractivity (Wildman–Crippen MR) is 125 cm³/mol. The number of hydrogen-bond acceptors (Lipinski definition) is 9. The minimum Gasteiger partial charge on any atom is -0.480 e. The Balaban J connectivity index is 1.85. The molecule has 4 rings (SSSR count). The quantitative estimate of drug-likeness (QED) is 0.514. The molecule has 0 bridgehead atoms. The molecule has 11 heteroatoms. The molecule has 0 saturated heterocycles. The standard InChI is InChI=1S/C23H28N6O5/c1-6-33-21(30)15-13-25-29-18(28(14-9-10-14)22(31)34-23(2,3)4)12-17(27-19(15)29)26-16-8-7-11-24-20(16)32-5/h7-8,11-14H,6,9-10H2,1-5H3,(H,26,27). The topological polar surface area (TPSA) is 120 Å². The van der Waals surface area contributed by atoms with Crippen LogP contribution in [0.1, 0.15) is 50.9 Å². The number of hydrogen-bond donors (Lipinski definition) is 1. The summed E-state index contributed by atoms with van der Waals surface area (Å²) in [6.07, 6.45) is 4.15. The maximum atomic E-state index is 13.2. The summed E-state index contributed by atoms with van der Waals surface area (Å²) in [5.74, 6) is 0.607. The maximum Gasteiger partial charge on any atom is 0.416 e. The van der Waals surface area contributed by atoms with Crippen LogP contribution in [0.5, 0.6) is 5.88 Å². The lowest BCUT2D eigenvalue weighted by Crippen LogP contribution is -2.39. The molecule has 0 atom stereocenters. The molecule has 1 aliphatic carbocycles. The smallest absolute Gasteiger partial charge is 0.416 e. The Kier molecular flexibility index (Phi) is 6.27. The predicted octanol–water partition coefficient (Wildman–Crippen LogP) is 3.96. The van der Waals surface area contributed by atoms with Gasteiger partial charge in [0, 0.05) is 18.3 Å². The fraction of sp³-hybridized carbons (Fsp3) is 0.435. The van der Waals surface area contributed by atoms with E-state index >= 15 is 0 Å². The van der Waals surface area contributed by atoms with Crippen molar-refractivity contribution in [1.29, 1.82) is 0 Å². The number of esters is 1. The van der Waals surface area contributed by atoms with Crippen molar-refractivity contribution < 1.29 is 23.8 Å². The van der Waals surface area contributed by atoms with Crippen LogP contribution in [0.3, 0.4) is 0 Å². The van der Waals surface area contributed by atoms with Crippen LogP contribution in [0.2, 0.25) is 0 Å². The number of rotatable bonds is 7. The van der Waals surface area contributed by atoms with Crippen molar-refractivity contribution in [3.8, 4) is 5.88 Å². The minimum absolute atomic E-state index is 0.0449. The highest BCUT2D eigenvalue weighted by molar-refractivity contribution is 5.97. The van der Waals surface area contributed by atoms with Crippen LogP contribution < -0.4 is 15.0 Å². The van der Waals surface area contributed by atoms with Gasteiger partial charge in [0.1, 0.15) is 28.5 Å². The molecule has 3 aromatic rings. The Hall–Kier alpha value is -3.89. The first-order valence-corrected chi connectivity index (χ1v) is 11.1. The maximum absolute atomic E-state index is 13.2. The molecule has 11 nitrogen and oxygen atoms in total. The summed E-state index contributed by atoms with van der Waals surface area (Å²) in [5, 5.41) is 7.53. The Morgan fingerprint density at radius 1 is 1.29 bits per heavy atom. The highest BCUT2D eigenvalue weighted by atomic mass is 16.6. The summed E-state index contributed by atoms with van der Waals surface area (Å²) in [7, 11) is 1.52. The molecule has 180 valence electrons. The van der Waals surface area contributed by atoms with Crippen molar-refractivity contribution in [2.24, 2.45) is 0 Å². The van der Waals surface area contributed by atoms with Gasteiger partial charge in [-0.3, -0.25) is 4.90 Å². The average molecular weight is 469 g/mol. The van der Waals surface area contributed by atoms with E-state index in [-0.39, 0.29) is 23.9 Å². The van der Waals surface area contributed by atoms with Crippen LogP contribution in [0, 0.1) is 0 Å². The minimum atomic E-state index is -0.680. The van der Waals surface area contributed by atoms with E-state index in [2.05, 4.69) is 20.4 Å². The van der Waals surface area contributed by atoms with Gasteiger partial charge in [0.2, 0.25) is 5.88 Å². The number of carbonyl (C=O) groups excluding carboxylic acids is 2. The summed E-state index contributed by atoms with van der Waals surface area (Å²) >= 11 is 0. The molecule has 0 radical (unpaired) electrons. The van der Waals surface area contributed by atoms with Gasteiger partial charge in [-0.15, -0.1) is 0 Å². The molecule has 0 aliphatic heterocycles. The van der Waals surface area contributed by atoms with Crippen LogP contribution >= 0.6 is 0 Å². The lowest BCUT2D eigenvalue weighted by molar-refractivity contribution is 0.0526. The van der Waals surface area contributed by atoms with Crippen LogP contribution in [-0.2, 0) is 9.47 Å². The Bertz CT molecular complexity index is 1210. The van der Waals surface area contributed by atoms with Gasteiger partial charge in [0.15, 0.2) is 5.65 Å². The van der Waals surface area contributed by atoms with E-state index in [4.69, 9.17) is 14.2 Å². The second-order valence-electron chi connectivity index (χ2n) is 8.78. The number of nitrogens with zero attached hydrogens (tertiary/aromatic N) is 5. The molecule has 1 amide bonds. The molecule has 3 aromatic heterocycles. The number of ether oxygens (including phenoxy) is 3. The van der Waals surface area contributed by atoms with Crippen molar-refractivity contribution in [2.45, 2.75) is 52.2 Å². The van der Waals surface area contributed by atoms with E-state index in [0.717, 1.165) is 12.8 Å². The van der Waals surface area contributed by atoms with Crippen LogP contribution in [0.4, 0.5) is 22.1 Å². The average Bonchev–Trinajstić information content (AvgIpc) is 3.50. The first-order chi connectivity index (χ1) is 16.2. The van der Waals surface area contributed by atoms with Crippen LogP contribution in [0.25, 0.3) is 5.65 Å². The van der Waals surface area contributed by atoms with Crippen LogP contribution in [-0.4, -0.2) is 57.0 Å². The van der Waals surface area contributed by atoms with Crippen LogP contribution in [0.15, 0.2) is 30.6 Å². The number of carbonyl (C=O) groups is 2. The molecule has 3 heterocycles. The van der Waals surface area contributed by atoms with Gasteiger partial charge in [-0.1, -0.05) is 0 Å². The third-order valence-corrected chi connectivity index (χ3v) is 4.92. The van der Waals surface area contributed by atoms with Gasteiger partial charge in [-0.2, -0.15) is 9.61 Å². The first-order valence-electron chi connectivity index (χ1n) is 11.1. The lowest BCUT2D eigenvalue weighted by Gasteiger charge is -2.27. The molecule has 1 fully saturated rings. The number of nitrogens with one attached hydrogen (secondary N) is 1. The van der Waals surface area contributed by atoms with E-state index < -0.39 is 17.7 Å². The molecule has 1 N–H and O–H groups in total. The van der Waals surface area contributed by atoms with Gasteiger partial charge >= 0.3 is 12.1 Å². The zero-order valence-electron chi connectivity index (χ0n) is 19.9. The zero-order chi connectivity index (χ0) is 24.5. The largest absolute Gasteiger partial charge is 0.480 e. The number of anilines is 3. The molecule has 0 aromatic carbocycles. The summed E-state index contributed by atoms with van der Waals surface area (Å²) in [6, 6.07) is 5.18. The Morgan fingerprint density at radius 2 is 2.06 bits per heavy atom. The highest BCUT2D eigenvalue weighted by Crippen LogP contribution is 2.35. The fourth-order valence-corrected chi connectivity index (χ4v) is 3.40. The monoisotopic (exact) mass is 468 g/mol. The number of methoxy groups -OCH3 is 1. The lowest BCUT2D eigenvalue weighted by atomic mass is 10.2. The Morgan fingerprint density at radius 3 is 2.71 bits per heavy atom. The van der Waals surface area contributed by atoms with Gasteiger partial charge in [0.05, 0.1) is 19.9 Å². The first kappa shape index (κ1) is 23.3. The van der Waals surface area contributed by atoms with E-state index in [1.165, 1.54) is 17.8 Å². The zero-order valence-corrected chi connectivity index (χ0v) is 19.9. The van der Waals surface area contributed by atoms with E-state index in [0.29, 0.717) is 23.2 Å². The van der Waals surface area contributed by atoms with Gasteiger partial charge in [-0.05, 0) is 52.7 Å². The Labute approximate surface area is 197 Å².